The second-order valence-electron chi connectivity index (χ2n) is 5.94. The molecule has 0 radical (unpaired) electrons. The molecular formula is C17H22FN3OS. The Kier molecular flexibility index (Phi) is 6.24. The van der Waals surface area contributed by atoms with Gasteiger partial charge in [-0.05, 0) is 36.5 Å². The molecule has 0 bridgehead atoms. The maximum atomic E-state index is 13.1. The second kappa shape index (κ2) is 8.17. The fraction of sp³-hybridized carbons (Fsp3) is 0.412. The standard InChI is InChI=1S/C17H22FN3OS/c1-11(2)8-14(19)17-21-15(10-23-17)16(22)20-7-6-12-4-3-5-13(18)9-12/h3-5,9-11,14H,6-8,19H2,1-2H3,(H,20,22). The molecule has 1 heterocycles. The predicted molar refractivity (Wildman–Crippen MR) is 90.9 cm³/mol. The average molecular weight is 335 g/mol. The first kappa shape index (κ1) is 17.6. The molecule has 2 rings (SSSR count). The van der Waals surface area contributed by atoms with E-state index in [0.717, 1.165) is 17.0 Å². The Hall–Kier alpha value is -1.79. The van der Waals surface area contributed by atoms with Gasteiger partial charge in [-0.15, -0.1) is 11.3 Å². The van der Waals surface area contributed by atoms with Crippen molar-refractivity contribution >= 4 is 17.2 Å². The molecule has 1 aromatic heterocycles. The van der Waals surface area contributed by atoms with E-state index in [-0.39, 0.29) is 17.8 Å². The van der Waals surface area contributed by atoms with E-state index in [0.29, 0.717) is 24.6 Å². The number of amides is 1. The van der Waals surface area contributed by atoms with E-state index in [9.17, 15) is 9.18 Å². The van der Waals surface area contributed by atoms with E-state index >= 15 is 0 Å². The number of carbonyl (C=O) groups is 1. The first-order valence-corrected chi connectivity index (χ1v) is 8.57. The number of nitrogens with two attached hydrogens (primary N) is 1. The van der Waals surface area contributed by atoms with Gasteiger partial charge in [0.15, 0.2) is 0 Å². The minimum Gasteiger partial charge on any atom is -0.350 e. The molecule has 23 heavy (non-hydrogen) atoms. The van der Waals surface area contributed by atoms with Crippen molar-refractivity contribution in [1.29, 1.82) is 0 Å². The lowest BCUT2D eigenvalue weighted by Gasteiger charge is -2.10. The Morgan fingerprint density at radius 2 is 2.22 bits per heavy atom. The summed E-state index contributed by atoms with van der Waals surface area (Å²) in [7, 11) is 0. The van der Waals surface area contributed by atoms with E-state index in [1.807, 2.05) is 6.07 Å². The molecule has 6 heteroatoms. The van der Waals surface area contributed by atoms with Crippen LogP contribution in [0.4, 0.5) is 4.39 Å². The molecule has 0 aliphatic rings. The van der Waals surface area contributed by atoms with Gasteiger partial charge in [-0.3, -0.25) is 4.79 Å². The predicted octanol–water partition coefficient (Wildman–Crippen LogP) is 3.30. The van der Waals surface area contributed by atoms with Gasteiger partial charge >= 0.3 is 0 Å². The van der Waals surface area contributed by atoms with E-state index in [1.165, 1.54) is 23.5 Å². The molecule has 0 aliphatic carbocycles. The fourth-order valence-electron chi connectivity index (χ4n) is 2.27. The highest BCUT2D eigenvalue weighted by Crippen LogP contribution is 2.22. The lowest BCUT2D eigenvalue weighted by atomic mass is 10.1. The van der Waals surface area contributed by atoms with E-state index < -0.39 is 0 Å². The largest absolute Gasteiger partial charge is 0.350 e. The van der Waals surface area contributed by atoms with Crippen molar-refractivity contribution in [2.45, 2.75) is 32.7 Å². The summed E-state index contributed by atoms with van der Waals surface area (Å²) in [5, 5.41) is 5.32. The van der Waals surface area contributed by atoms with Gasteiger partial charge in [0, 0.05) is 11.9 Å². The van der Waals surface area contributed by atoms with Crippen molar-refractivity contribution in [2.75, 3.05) is 6.54 Å². The highest BCUT2D eigenvalue weighted by Gasteiger charge is 2.15. The topological polar surface area (TPSA) is 68.0 Å². The third-order valence-electron chi connectivity index (χ3n) is 3.39. The van der Waals surface area contributed by atoms with Crippen LogP contribution < -0.4 is 11.1 Å². The number of carbonyl (C=O) groups excluding carboxylic acids is 1. The van der Waals surface area contributed by atoms with Crippen molar-refractivity contribution < 1.29 is 9.18 Å². The van der Waals surface area contributed by atoms with Crippen LogP contribution in [0.1, 0.15) is 47.4 Å². The average Bonchev–Trinajstić information content (AvgIpc) is 2.96. The Morgan fingerprint density at radius 1 is 1.43 bits per heavy atom. The van der Waals surface area contributed by atoms with Crippen molar-refractivity contribution in [1.82, 2.24) is 10.3 Å². The Bertz CT molecular complexity index is 657. The number of hydrogen-bond acceptors (Lipinski definition) is 4. The molecular weight excluding hydrogens is 313 g/mol. The van der Waals surface area contributed by atoms with E-state index in [1.54, 1.807) is 11.4 Å². The number of halogens is 1. The molecule has 1 unspecified atom stereocenters. The third kappa shape index (κ3) is 5.41. The number of rotatable bonds is 7. The molecule has 4 nitrogen and oxygen atoms in total. The SMILES string of the molecule is CC(C)CC(N)c1nc(C(=O)NCCc2cccc(F)c2)cs1. The molecule has 3 N–H and O–H groups in total. The zero-order chi connectivity index (χ0) is 16.8. The molecule has 0 fully saturated rings. The van der Waals surface area contributed by atoms with Crippen LogP contribution in [0.2, 0.25) is 0 Å². The molecule has 1 atom stereocenters. The second-order valence-corrected chi connectivity index (χ2v) is 6.83. The number of aromatic nitrogens is 1. The number of hydrogen-bond donors (Lipinski definition) is 2. The zero-order valence-electron chi connectivity index (χ0n) is 13.4. The number of thiazole rings is 1. The molecule has 124 valence electrons. The van der Waals surface area contributed by atoms with Crippen LogP contribution >= 0.6 is 11.3 Å². The van der Waals surface area contributed by atoms with Gasteiger partial charge in [0.25, 0.3) is 5.91 Å². The quantitative estimate of drug-likeness (QED) is 0.816. The Morgan fingerprint density at radius 3 is 2.91 bits per heavy atom. The van der Waals surface area contributed by atoms with Crippen LogP contribution in [0.5, 0.6) is 0 Å². The maximum Gasteiger partial charge on any atom is 0.270 e. The molecule has 1 amide bonds. The highest BCUT2D eigenvalue weighted by molar-refractivity contribution is 7.09. The van der Waals surface area contributed by atoms with Crippen molar-refractivity contribution in [2.24, 2.45) is 11.7 Å². The molecule has 1 aromatic carbocycles. The smallest absolute Gasteiger partial charge is 0.270 e. The van der Waals surface area contributed by atoms with E-state index in [4.69, 9.17) is 5.73 Å². The van der Waals surface area contributed by atoms with Crippen LogP contribution in [0, 0.1) is 11.7 Å². The number of nitrogens with zero attached hydrogens (tertiary/aromatic N) is 1. The summed E-state index contributed by atoms with van der Waals surface area (Å²) in [6, 6.07) is 6.24. The van der Waals surface area contributed by atoms with Crippen molar-refractivity contribution in [3.05, 3.63) is 51.7 Å². The number of nitrogens with one attached hydrogen (secondary N) is 1. The normalized spacial score (nSPS) is 12.4. The minimum absolute atomic E-state index is 0.131. The van der Waals surface area contributed by atoms with Gasteiger partial charge in [-0.2, -0.15) is 0 Å². The van der Waals surface area contributed by atoms with Gasteiger partial charge < -0.3 is 11.1 Å². The van der Waals surface area contributed by atoms with Gasteiger partial charge in [0.2, 0.25) is 0 Å². The zero-order valence-corrected chi connectivity index (χ0v) is 14.2. The minimum atomic E-state index is -0.267. The number of benzene rings is 1. The van der Waals surface area contributed by atoms with Crippen LogP contribution in [0.3, 0.4) is 0 Å². The van der Waals surface area contributed by atoms with Crippen LogP contribution in [0.25, 0.3) is 0 Å². The van der Waals surface area contributed by atoms with E-state index in [2.05, 4.69) is 24.1 Å². The molecule has 2 aromatic rings. The monoisotopic (exact) mass is 335 g/mol. The summed E-state index contributed by atoms with van der Waals surface area (Å²) in [6.45, 7) is 4.65. The van der Waals surface area contributed by atoms with Gasteiger partial charge in [-0.25, -0.2) is 9.37 Å². The Balaban J connectivity index is 1.85. The summed E-state index contributed by atoms with van der Waals surface area (Å²) in [4.78, 5) is 16.4. The first-order valence-electron chi connectivity index (χ1n) is 7.69. The van der Waals surface area contributed by atoms with Crippen LogP contribution in [-0.4, -0.2) is 17.4 Å². The molecule has 0 spiro atoms. The summed E-state index contributed by atoms with van der Waals surface area (Å²) < 4.78 is 13.1. The van der Waals surface area contributed by atoms with Crippen molar-refractivity contribution in [3.63, 3.8) is 0 Å². The van der Waals surface area contributed by atoms with Crippen molar-refractivity contribution in [3.8, 4) is 0 Å². The molecule has 0 saturated carbocycles. The lowest BCUT2D eigenvalue weighted by molar-refractivity contribution is 0.0949. The molecule has 0 saturated heterocycles. The fourth-order valence-corrected chi connectivity index (χ4v) is 3.09. The summed E-state index contributed by atoms with van der Waals surface area (Å²) in [6.07, 6.45) is 1.42. The highest BCUT2D eigenvalue weighted by atomic mass is 32.1. The Labute approximate surface area is 139 Å². The summed E-state index contributed by atoms with van der Waals surface area (Å²) in [5.41, 5.74) is 7.32. The van der Waals surface area contributed by atoms with Gasteiger partial charge in [-0.1, -0.05) is 26.0 Å². The maximum absolute atomic E-state index is 13.1. The summed E-state index contributed by atoms with van der Waals surface area (Å²) in [5.74, 6) is -0.00444. The lowest BCUT2D eigenvalue weighted by Crippen LogP contribution is -2.26. The first-order chi connectivity index (χ1) is 11.0. The van der Waals surface area contributed by atoms with Gasteiger partial charge in [0.05, 0.1) is 6.04 Å². The third-order valence-corrected chi connectivity index (χ3v) is 4.36. The molecule has 0 aliphatic heterocycles. The van der Waals surface area contributed by atoms with Gasteiger partial charge in [0.1, 0.15) is 16.5 Å². The van der Waals surface area contributed by atoms with Crippen LogP contribution in [-0.2, 0) is 6.42 Å². The van der Waals surface area contributed by atoms with Crippen LogP contribution in [0.15, 0.2) is 29.6 Å². The summed E-state index contributed by atoms with van der Waals surface area (Å²) >= 11 is 1.41.